The zero-order valence-corrected chi connectivity index (χ0v) is 79.7. The van der Waals surface area contributed by atoms with E-state index in [1.54, 1.807) is 80.1 Å². The van der Waals surface area contributed by atoms with E-state index in [-0.39, 0.29) is 172 Å². The summed E-state index contributed by atoms with van der Waals surface area (Å²) in [5.74, 6) is -8.71. The van der Waals surface area contributed by atoms with E-state index in [2.05, 4.69) is 81.0 Å². The van der Waals surface area contributed by atoms with E-state index in [1.165, 1.54) is 80.0 Å². The second-order valence-electron chi connectivity index (χ2n) is 36.6. The summed E-state index contributed by atoms with van der Waals surface area (Å²) in [7, 11) is 6.61. The van der Waals surface area contributed by atoms with Crippen molar-refractivity contribution in [1.29, 1.82) is 0 Å². The molecular formula is C105H108F10N18O7S. The molecule has 4 aliphatic carbocycles. The molecule has 0 bridgehead atoms. The highest BCUT2D eigenvalue weighted by molar-refractivity contribution is 7.13. The summed E-state index contributed by atoms with van der Waals surface area (Å²) in [5, 5.41) is 9.29. The first-order valence-corrected chi connectivity index (χ1v) is 47.1. The molecule has 141 heavy (non-hydrogen) atoms. The average molecular weight is 1960 g/mol. The fourth-order valence-corrected chi connectivity index (χ4v) is 21.6. The van der Waals surface area contributed by atoms with Gasteiger partial charge >= 0.3 is 6.09 Å². The molecule has 4 aromatic carbocycles. The van der Waals surface area contributed by atoms with Crippen LogP contribution in [-0.4, -0.2) is 164 Å². The summed E-state index contributed by atoms with van der Waals surface area (Å²) >= 11 is 1.05. The molecular weight excluding hydrogens is 1850 g/mol. The van der Waals surface area contributed by atoms with E-state index in [0.29, 0.717) is 35.4 Å². The first-order valence-electron chi connectivity index (χ1n) is 46.2. The number of Topliss-reactive ketones (excluding diaryl/α,β-unsaturated/α-hetero) is 4. The lowest BCUT2D eigenvalue weighted by Crippen LogP contribution is -2.55. The Morgan fingerprint density at radius 3 is 1.28 bits per heavy atom. The van der Waals surface area contributed by atoms with Crippen LogP contribution < -0.4 is 28.3 Å². The minimum absolute atomic E-state index is 0.00591. The number of nitrogens with zero attached hydrogens (tertiary/aromatic N) is 13. The fourth-order valence-electron chi connectivity index (χ4n) is 20.7. The van der Waals surface area contributed by atoms with Crippen LogP contribution in [0.2, 0.25) is 0 Å². The number of hydrogen-bond donors (Lipinski definition) is 5. The number of carbonyl (C=O) groups is 5. The summed E-state index contributed by atoms with van der Waals surface area (Å²) in [6.45, 7) is 9.97. The van der Waals surface area contributed by atoms with Gasteiger partial charge in [-0.2, -0.15) is 5.10 Å². The van der Waals surface area contributed by atoms with Crippen LogP contribution in [0.25, 0.3) is 44.5 Å². The smallest absolute Gasteiger partial charge is 0.409 e. The third-order valence-electron chi connectivity index (χ3n) is 27.1. The van der Waals surface area contributed by atoms with Crippen molar-refractivity contribution >= 4 is 40.6 Å². The second-order valence-corrected chi connectivity index (χ2v) is 37.5. The highest BCUT2D eigenvalue weighted by atomic mass is 32.1. The monoisotopic (exact) mass is 1950 g/mol. The van der Waals surface area contributed by atoms with Gasteiger partial charge in [-0.05, 0) is 266 Å². The van der Waals surface area contributed by atoms with Gasteiger partial charge < -0.3 is 42.6 Å². The van der Waals surface area contributed by atoms with Crippen molar-refractivity contribution in [3.63, 3.8) is 0 Å². The number of aryl methyl sites for hydroxylation is 1. The molecule has 4 fully saturated rings. The molecule has 4 aliphatic rings. The van der Waals surface area contributed by atoms with Crippen LogP contribution in [0.5, 0.6) is 0 Å². The summed E-state index contributed by atoms with van der Waals surface area (Å²) in [5.41, 5.74) is 30.4. The Balaban J connectivity index is 0.000000150. The molecule has 4 saturated carbocycles. The van der Waals surface area contributed by atoms with Crippen molar-refractivity contribution in [2.24, 2.45) is 46.6 Å². The maximum Gasteiger partial charge on any atom is 0.409 e. The van der Waals surface area contributed by atoms with Crippen LogP contribution in [-0.2, 0) is 35.2 Å². The third kappa shape index (κ3) is 23.9. The second kappa shape index (κ2) is 46.4. The van der Waals surface area contributed by atoms with Crippen molar-refractivity contribution in [3.05, 3.63) is 326 Å². The van der Waals surface area contributed by atoms with Crippen molar-refractivity contribution < 1.29 is 77.4 Å². The lowest BCUT2D eigenvalue weighted by Gasteiger charge is -2.43. The zero-order chi connectivity index (χ0) is 101. The molecule has 25 nitrogen and oxygen atoms in total. The number of aromatic nitrogens is 12. The number of halogens is 10. The van der Waals surface area contributed by atoms with E-state index in [0.717, 1.165) is 132 Å². The SMILES string of the molecule is CN[C@@H]1[C@H](N)C[C@H](c2ccncc2CC(=O)c2csc(-c3c(F)cccc3F)n2)C[C@@H]1C.COC(=O)N(C)[C@@H]1[C@H](C)C[C@H](c2ccncc2CC(=O)c2ccc(F)c(-c3c(F)cc(C)cc3F)n2)C[C@@H]1N.CO[C@@H]1[C@H](N)C[C@H](c2ccncc2CC(=O)c2ccnc(-c3c(F)cccc3F)n2)C[C@@H]1C.C[C@H]1C[C@@H](c2ccncc2CC(=O)c2ccc(F)c(-c3c(F)cccc3F)n2)C[C@@H](N)[C@H]1n1cncn1. The number of pyridine rings is 6. The average Bonchev–Trinajstić information content (AvgIpc) is 1.63. The van der Waals surface area contributed by atoms with E-state index < -0.39 is 98.3 Å². The third-order valence-corrected chi connectivity index (χ3v) is 28.0. The number of thiazole rings is 1. The lowest BCUT2D eigenvalue weighted by atomic mass is 9.72. The van der Waals surface area contributed by atoms with Gasteiger partial charge in [-0.3, -0.25) is 39.1 Å². The standard InChI is InChI=1S/C29H31F3N4O3.C27H25F3N6O.C25H26F2N4O2.C24H26F2N4OS/c1-15-9-21(31)26(22(32)10-15)27-20(30)5-6-24(35-27)25(37)13-18-14-34-8-7-19(18)17-11-16(2)28(23(33)12-17)36(3)29(38)39-4;1-15-9-16(10-22(31)27(15)36-14-33-13-34-36)18-7-8-32-12-17(18)11-24(37)23-6-5-21(30)26(35-23)25-19(28)3-2-4-20(25)29;1-14-10-15(11-20(28)24(14)33-2)17-6-8-29-13-16(17)12-22(32)21-7-9-30-25(31-21)23-18(26)4-3-5-19(23)27;1-13-8-14(9-19(27)23(13)28-2)16-6-7-29-11-15(16)10-21(31)20-12-32-24(30-20)22-17(25)4-3-5-18(22)26/h5-10,14,16-17,23,28H,11-13,33H2,1-4H3;2-8,12-16,22,27H,9-11,31H2,1H3;3-9,13-15,20,24H,10-12,28H2,1-2H3;3-7,11-14,19,23,28H,8-10,27H2,1-2H3/t16-,17+,23+,28-;15-,16+,22+,27-;14-,15+,20+,24-;13-,14+,19+,23-/m1000/s1. The van der Waals surface area contributed by atoms with Crippen LogP contribution in [0.1, 0.15) is 201 Å². The molecule has 0 saturated heterocycles. The maximum absolute atomic E-state index is 14.6. The molecule has 0 aliphatic heterocycles. The topological polar surface area (TPSA) is 370 Å². The van der Waals surface area contributed by atoms with E-state index in [9.17, 15) is 67.9 Å². The van der Waals surface area contributed by atoms with Crippen molar-refractivity contribution in [3.8, 4) is 44.5 Å². The fraction of sp³-hybridized carbons (Fsp3) is 0.352. The van der Waals surface area contributed by atoms with Gasteiger partial charge in [-0.15, -0.1) is 11.3 Å². The first kappa shape index (κ1) is 103. The van der Waals surface area contributed by atoms with Crippen LogP contribution in [0.15, 0.2) is 195 Å². The lowest BCUT2D eigenvalue weighted by molar-refractivity contribution is 0.00970. The molecule has 1 amide bonds. The van der Waals surface area contributed by atoms with Gasteiger partial charge in [0.15, 0.2) is 29.0 Å². The number of nitrogens with two attached hydrogens (primary N) is 4. The Labute approximate surface area is 812 Å². The van der Waals surface area contributed by atoms with Crippen molar-refractivity contribution in [1.82, 2.24) is 69.8 Å². The molecule has 9 aromatic heterocycles. The van der Waals surface area contributed by atoms with Gasteiger partial charge in [0.25, 0.3) is 0 Å². The highest BCUT2D eigenvalue weighted by Crippen LogP contribution is 2.46. The number of amides is 1. The molecule has 9 N–H and O–H groups in total. The largest absolute Gasteiger partial charge is 0.453 e. The Morgan fingerprint density at radius 1 is 0.440 bits per heavy atom. The number of nitrogens with one attached hydrogen (secondary N) is 1. The van der Waals surface area contributed by atoms with Gasteiger partial charge in [-0.25, -0.2) is 83.3 Å². The Kier molecular flexibility index (Phi) is 34.0. The molecule has 736 valence electrons. The number of ketones is 4. The predicted molar refractivity (Wildman–Crippen MR) is 511 cm³/mol. The first-order chi connectivity index (χ1) is 67.6. The molecule has 0 radical (unpaired) electrons. The van der Waals surface area contributed by atoms with Gasteiger partial charge in [0.1, 0.15) is 110 Å². The minimum atomic E-state index is -0.961. The number of likely N-dealkylation sites (N-methyl/N-ethyl adjacent to an activating group) is 2. The number of rotatable bonds is 24. The summed E-state index contributed by atoms with van der Waals surface area (Å²) in [6, 6.07) is 25.6. The van der Waals surface area contributed by atoms with Crippen LogP contribution in [0.4, 0.5) is 48.7 Å². The molecule has 16 atom stereocenters. The predicted octanol–water partition coefficient (Wildman–Crippen LogP) is 18.3. The summed E-state index contributed by atoms with van der Waals surface area (Å²) < 4.78 is 155. The van der Waals surface area contributed by atoms with Gasteiger partial charge in [-0.1, -0.05) is 45.9 Å². The van der Waals surface area contributed by atoms with E-state index in [1.807, 2.05) is 38.2 Å². The summed E-state index contributed by atoms with van der Waals surface area (Å²) in [6.07, 6.45) is 23.8. The number of benzene rings is 4. The van der Waals surface area contributed by atoms with Crippen LogP contribution in [0, 0.1) is 88.8 Å². The Bertz CT molecular complexity index is 6540. The maximum atomic E-state index is 14.6. The van der Waals surface area contributed by atoms with E-state index in [4.69, 9.17) is 32.4 Å². The van der Waals surface area contributed by atoms with Crippen LogP contribution in [0.3, 0.4) is 0 Å². The molecule has 36 heteroatoms. The molecule has 17 rings (SSSR count). The molecule has 9 heterocycles. The van der Waals surface area contributed by atoms with Crippen molar-refractivity contribution in [2.75, 3.05) is 28.3 Å². The number of ether oxygens (including phenoxy) is 2. The van der Waals surface area contributed by atoms with Gasteiger partial charge in [0, 0.05) is 131 Å². The minimum Gasteiger partial charge on any atom is -0.453 e. The van der Waals surface area contributed by atoms with Gasteiger partial charge in [0.2, 0.25) is 0 Å². The van der Waals surface area contributed by atoms with Crippen molar-refractivity contribution in [2.45, 2.75) is 184 Å². The number of carbonyl (C=O) groups excluding carboxylic acids is 5. The summed E-state index contributed by atoms with van der Waals surface area (Å²) in [4.78, 5) is 107. The Hall–Kier alpha value is -13.4. The van der Waals surface area contributed by atoms with E-state index >= 15 is 0 Å². The van der Waals surface area contributed by atoms with Crippen LogP contribution >= 0.6 is 11.3 Å². The molecule has 13 aromatic rings. The number of methoxy groups -OCH3 is 2. The quantitative estimate of drug-likeness (QED) is 0.0277. The Morgan fingerprint density at radius 2 is 0.851 bits per heavy atom. The number of hydrogen-bond acceptors (Lipinski definition) is 24. The zero-order valence-electron chi connectivity index (χ0n) is 78.9. The molecule has 0 unspecified atom stereocenters. The molecule has 0 spiro atoms. The highest BCUT2D eigenvalue weighted by Gasteiger charge is 2.43. The van der Waals surface area contributed by atoms with Gasteiger partial charge in [0.05, 0.1) is 47.6 Å². The normalized spacial score (nSPS) is 22.1.